The first-order valence-corrected chi connectivity index (χ1v) is 6.68. The zero-order valence-electron chi connectivity index (χ0n) is 13.8. The van der Waals surface area contributed by atoms with E-state index in [0.717, 1.165) is 4.68 Å². The summed E-state index contributed by atoms with van der Waals surface area (Å²) in [7, 11) is 4.58. The first-order chi connectivity index (χ1) is 10.1. The predicted molar refractivity (Wildman–Crippen MR) is 92.9 cm³/mol. The summed E-state index contributed by atoms with van der Waals surface area (Å²) in [5, 5.41) is 9.30. The summed E-state index contributed by atoms with van der Waals surface area (Å²) in [6, 6.07) is 0. The molecule has 0 bridgehead atoms. The molecule has 0 saturated carbocycles. The van der Waals surface area contributed by atoms with Crippen LogP contribution in [-0.4, -0.2) is 42.0 Å². The van der Waals surface area contributed by atoms with Crippen molar-refractivity contribution in [3.05, 3.63) is 17.5 Å². The second-order valence-corrected chi connectivity index (χ2v) is 5.42. The van der Waals surface area contributed by atoms with E-state index in [-0.39, 0.29) is 36.1 Å². The van der Waals surface area contributed by atoms with Gasteiger partial charge in [0.05, 0.1) is 5.60 Å². The van der Waals surface area contributed by atoms with Crippen LogP contribution in [0.1, 0.15) is 25.1 Å². The Labute approximate surface area is 150 Å². The molecule has 0 aliphatic heterocycles. The summed E-state index contributed by atoms with van der Waals surface area (Å²) in [5.74, 6) is 0.391. The lowest BCUT2D eigenvalue weighted by molar-refractivity contribution is -0.142. The van der Waals surface area contributed by atoms with Crippen LogP contribution in [0.15, 0.2) is 11.2 Å². The van der Waals surface area contributed by atoms with Gasteiger partial charge in [0.2, 0.25) is 0 Å². The van der Waals surface area contributed by atoms with E-state index in [9.17, 15) is 13.2 Å². The number of hydrogen-bond acceptors (Lipinski definition) is 3. The molecule has 0 aliphatic carbocycles. The first kappa shape index (κ1) is 22.0. The van der Waals surface area contributed by atoms with Crippen molar-refractivity contribution in [2.45, 2.75) is 32.2 Å². The van der Waals surface area contributed by atoms with Crippen LogP contribution in [0.4, 0.5) is 13.2 Å². The van der Waals surface area contributed by atoms with E-state index >= 15 is 0 Å². The van der Waals surface area contributed by atoms with Crippen LogP contribution in [0, 0.1) is 0 Å². The first-order valence-electron chi connectivity index (χ1n) is 6.68. The van der Waals surface area contributed by atoms with Crippen molar-refractivity contribution in [1.29, 1.82) is 0 Å². The maximum Gasteiger partial charge on any atom is 0.435 e. The molecule has 0 amide bonds. The van der Waals surface area contributed by atoms with Gasteiger partial charge >= 0.3 is 6.18 Å². The van der Waals surface area contributed by atoms with Gasteiger partial charge in [-0.2, -0.15) is 18.3 Å². The lowest BCUT2D eigenvalue weighted by Gasteiger charge is -2.24. The summed E-state index contributed by atoms with van der Waals surface area (Å²) < 4.78 is 45.0. The number of methoxy groups -OCH3 is 1. The SMILES string of the molecule is CN=C(NCc1cn(C)nc1C(F)(F)F)NCC(C)(C)OC.I. The molecule has 0 saturated heterocycles. The van der Waals surface area contributed by atoms with Gasteiger partial charge in [-0.1, -0.05) is 0 Å². The third kappa shape index (κ3) is 6.94. The Bertz CT molecular complexity index is 528. The molecule has 2 N–H and O–H groups in total. The fraction of sp³-hybridized carbons (Fsp3) is 0.692. The Morgan fingerprint density at radius 3 is 2.43 bits per heavy atom. The van der Waals surface area contributed by atoms with Crippen molar-refractivity contribution in [3.8, 4) is 0 Å². The molecular weight excluding hydrogens is 426 g/mol. The van der Waals surface area contributed by atoms with Gasteiger partial charge in [-0.25, -0.2) is 0 Å². The van der Waals surface area contributed by atoms with E-state index in [2.05, 4.69) is 20.7 Å². The van der Waals surface area contributed by atoms with Crippen molar-refractivity contribution < 1.29 is 17.9 Å². The number of aromatic nitrogens is 2. The number of guanidine groups is 1. The zero-order chi connectivity index (χ0) is 17.0. The van der Waals surface area contributed by atoms with Gasteiger partial charge in [-0.15, -0.1) is 24.0 Å². The zero-order valence-corrected chi connectivity index (χ0v) is 16.1. The quantitative estimate of drug-likeness (QED) is 0.411. The molecule has 23 heavy (non-hydrogen) atoms. The van der Waals surface area contributed by atoms with Crippen LogP contribution in [0.3, 0.4) is 0 Å². The molecule has 1 aromatic rings. The molecule has 0 fully saturated rings. The van der Waals surface area contributed by atoms with Gasteiger partial charge < -0.3 is 15.4 Å². The number of ether oxygens (including phenoxy) is 1. The van der Waals surface area contributed by atoms with Gasteiger partial charge in [-0.3, -0.25) is 9.67 Å². The molecule has 0 spiro atoms. The molecule has 10 heteroatoms. The Morgan fingerprint density at radius 2 is 1.96 bits per heavy atom. The minimum atomic E-state index is -4.48. The maximum absolute atomic E-state index is 12.9. The van der Waals surface area contributed by atoms with Crippen molar-refractivity contribution >= 4 is 29.9 Å². The Hall–Kier alpha value is -1.04. The second kappa shape index (κ2) is 8.71. The van der Waals surface area contributed by atoms with E-state index in [1.807, 2.05) is 13.8 Å². The van der Waals surface area contributed by atoms with Crippen molar-refractivity contribution in [2.75, 3.05) is 20.7 Å². The van der Waals surface area contributed by atoms with Crippen LogP contribution in [0.2, 0.25) is 0 Å². The van der Waals surface area contributed by atoms with Crippen LogP contribution in [0.25, 0.3) is 0 Å². The maximum atomic E-state index is 12.9. The molecule has 0 aliphatic rings. The Morgan fingerprint density at radius 1 is 1.35 bits per heavy atom. The molecule has 0 radical (unpaired) electrons. The highest BCUT2D eigenvalue weighted by Crippen LogP contribution is 2.30. The summed E-state index contributed by atoms with van der Waals surface area (Å²) in [5.41, 5.74) is -1.25. The van der Waals surface area contributed by atoms with Gasteiger partial charge in [0, 0.05) is 46.1 Å². The minimum Gasteiger partial charge on any atom is -0.377 e. The van der Waals surface area contributed by atoms with E-state index in [1.54, 1.807) is 14.2 Å². The topological polar surface area (TPSA) is 63.5 Å². The molecule has 6 nitrogen and oxygen atoms in total. The highest BCUT2D eigenvalue weighted by molar-refractivity contribution is 14.0. The molecule has 134 valence electrons. The van der Waals surface area contributed by atoms with Gasteiger partial charge in [0.1, 0.15) is 0 Å². The Kier molecular flexibility index (Phi) is 8.32. The van der Waals surface area contributed by atoms with Crippen molar-refractivity contribution in [2.24, 2.45) is 12.0 Å². The lowest BCUT2D eigenvalue weighted by atomic mass is 10.1. The number of rotatable bonds is 5. The molecule has 1 aromatic heterocycles. The van der Waals surface area contributed by atoms with Gasteiger partial charge in [0.15, 0.2) is 11.7 Å². The van der Waals surface area contributed by atoms with E-state index in [0.29, 0.717) is 12.5 Å². The van der Waals surface area contributed by atoms with Crippen molar-refractivity contribution in [3.63, 3.8) is 0 Å². The molecule has 1 heterocycles. The average Bonchev–Trinajstić information content (AvgIpc) is 2.80. The van der Waals surface area contributed by atoms with Gasteiger partial charge in [-0.05, 0) is 13.8 Å². The van der Waals surface area contributed by atoms with E-state index < -0.39 is 17.5 Å². The van der Waals surface area contributed by atoms with Crippen LogP contribution < -0.4 is 10.6 Å². The summed E-state index contributed by atoms with van der Waals surface area (Å²) in [6.45, 7) is 4.20. The minimum absolute atomic E-state index is 0. The third-order valence-electron chi connectivity index (χ3n) is 3.08. The highest BCUT2D eigenvalue weighted by Gasteiger charge is 2.36. The van der Waals surface area contributed by atoms with Crippen LogP contribution in [-0.2, 0) is 24.5 Å². The molecule has 0 aromatic carbocycles. The second-order valence-electron chi connectivity index (χ2n) is 5.42. The normalized spacial score (nSPS) is 12.8. The third-order valence-corrected chi connectivity index (χ3v) is 3.08. The summed E-state index contributed by atoms with van der Waals surface area (Å²) in [4.78, 5) is 3.97. The number of aryl methyl sites for hydroxylation is 1. The van der Waals surface area contributed by atoms with Crippen molar-refractivity contribution in [1.82, 2.24) is 20.4 Å². The highest BCUT2D eigenvalue weighted by atomic mass is 127. The fourth-order valence-electron chi connectivity index (χ4n) is 1.67. The smallest absolute Gasteiger partial charge is 0.377 e. The Balaban J connectivity index is 0.00000484. The molecule has 0 atom stereocenters. The molecule has 0 unspecified atom stereocenters. The number of aliphatic imine (C=N–C) groups is 1. The number of nitrogens with zero attached hydrogens (tertiary/aromatic N) is 3. The summed E-state index contributed by atoms with van der Waals surface area (Å²) >= 11 is 0. The number of alkyl halides is 3. The number of halogens is 4. The average molecular weight is 449 g/mol. The number of hydrogen-bond donors (Lipinski definition) is 2. The largest absolute Gasteiger partial charge is 0.435 e. The fourth-order valence-corrected chi connectivity index (χ4v) is 1.67. The molecular formula is C13H23F3IN5O. The number of nitrogens with one attached hydrogen (secondary N) is 2. The summed E-state index contributed by atoms with van der Waals surface area (Å²) in [6.07, 6.45) is -3.14. The van der Waals surface area contributed by atoms with Crippen LogP contribution in [0.5, 0.6) is 0 Å². The standard InChI is InChI=1S/C13H22F3N5O.HI/c1-12(2,22-5)8-19-11(17-3)18-6-9-7-21(4)20-10(9)13(14,15)16;/h7H,6,8H2,1-5H3,(H2,17,18,19);1H. The van der Waals surface area contributed by atoms with Crippen LogP contribution >= 0.6 is 24.0 Å². The molecule has 1 rings (SSSR count). The van der Waals surface area contributed by atoms with E-state index in [1.165, 1.54) is 13.2 Å². The lowest BCUT2D eigenvalue weighted by Crippen LogP contribution is -2.45. The van der Waals surface area contributed by atoms with Gasteiger partial charge in [0.25, 0.3) is 0 Å². The monoisotopic (exact) mass is 449 g/mol. The predicted octanol–water partition coefficient (Wildman–Crippen LogP) is 2.15. The van der Waals surface area contributed by atoms with E-state index in [4.69, 9.17) is 4.74 Å².